The zero-order valence-corrected chi connectivity index (χ0v) is 10.6. The molecular weight excluding hydrogens is 214 g/mol. The number of carbonyl (C=O) groups is 1. The molecule has 0 radical (unpaired) electrons. The first-order chi connectivity index (χ1) is 8.22. The molecule has 0 aliphatic heterocycles. The van der Waals surface area contributed by atoms with Gasteiger partial charge in [0.25, 0.3) is 5.91 Å². The van der Waals surface area contributed by atoms with Crippen molar-refractivity contribution in [3.63, 3.8) is 0 Å². The Bertz CT molecular complexity index is 342. The van der Waals surface area contributed by atoms with E-state index < -0.39 is 0 Å². The fourth-order valence-corrected chi connectivity index (χ4v) is 1.75. The van der Waals surface area contributed by atoms with Crippen molar-refractivity contribution in [1.29, 1.82) is 0 Å². The van der Waals surface area contributed by atoms with Crippen LogP contribution in [0.5, 0.6) is 0 Å². The van der Waals surface area contributed by atoms with E-state index in [0.29, 0.717) is 5.56 Å². The molecule has 1 rings (SSSR count). The quantitative estimate of drug-likeness (QED) is 0.587. The Morgan fingerprint density at radius 2 is 1.71 bits per heavy atom. The van der Waals surface area contributed by atoms with Crippen molar-refractivity contribution in [1.82, 2.24) is 4.90 Å². The lowest BCUT2D eigenvalue weighted by Crippen LogP contribution is -2.32. The minimum Gasteiger partial charge on any atom is -0.339 e. The number of hydrogen-bond donors (Lipinski definition) is 2. The number of nitrogens with two attached hydrogens (primary N) is 1. The Kier molecular flexibility index (Phi) is 5.49. The van der Waals surface area contributed by atoms with E-state index in [1.54, 1.807) is 12.1 Å². The number of carbonyl (C=O) groups excluding carboxylic acids is 1. The van der Waals surface area contributed by atoms with Crippen molar-refractivity contribution in [3.05, 3.63) is 29.8 Å². The Hall–Kier alpha value is -1.55. The summed E-state index contributed by atoms with van der Waals surface area (Å²) in [5.41, 5.74) is 4.07. The number of benzene rings is 1. The van der Waals surface area contributed by atoms with E-state index in [1.807, 2.05) is 17.0 Å². The van der Waals surface area contributed by atoms with E-state index in [1.165, 1.54) is 0 Å². The summed E-state index contributed by atoms with van der Waals surface area (Å²) in [5.74, 6) is 5.38. The van der Waals surface area contributed by atoms with Crippen LogP contribution in [-0.2, 0) is 0 Å². The molecule has 0 bridgehead atoms. The van der Waals surface area contributed by atoms with E-state index in [0.717, 1.165) is 31.6 Å². The molecule has 0 aliphatic rings. The van der Waals surface area contributed by atoms with Crippen molar-refractivity contribution in [2.45, 2.75) is 26.7 Å². The summed E-state index contributed by atoms with van der Waals surface area (Å²) < 4.78 is 0. The van der Waals surface area contributed by atoms with E-state index in [-0.39, 0.29) is 5.91 Å². The van der Waals surface area contributed by atoms with Crippen LogP contribution < -0.4 is 11.3 Å². The van der Waals surface area contributed by atoms with Gasteiger partial charge in [-0.3, -0.25) is 10.6 Å². The molecule has 0 aromatic heterocycles. The van der Waals surface area contributed by atoms with Crippen molar-refractivity contribution in [2.75, 3.05) is 18.5 Å². The number of nitrogens with one attached hydrogen (secondary N) is 1. The molecule has 0 atom stereocenters. The summed E-state index contributed by atoms with van der Waals surface area (Å²) in [4.78, 5) is 14.1. The van der Waals surface area contributed by atoms with Crippen LogP contribution in [0.3, 0.4) is 0 Å². The first kappa shape index (κ1) is 13.5. The van der Waals surface area contributed by atoms with Crippen LogP contribution in [0, 0.1) is 0 Å². The summed E-state index contributed by atoms with van der Waals surface area (Å²) in [7, 11) is 0. The number of rotatable bonds is 6. The lowest BCUT2D eigenvalue weighted by Gasteiger charge is -2.21. The van der Waals surface area contributed by atoms with Gasteiger partial charge in [-0.1, -0.05) is 13.8 Å². The van der Waals surface area contributed by atoms with E-state index in [9.17, 15) is 4.79 Å². The van der Waals surface area contributed by atoms with Crippen LogP contribution >= 0.6 is 0 Å². The van der Waals surface area contributed by atoms with E-state index in [4.69, 9.17) is 5.84 Å². The third-order valence-corrected chi connectivity index (χ3v) is 2.57. The van der Waals surface area contributed by atoms with Gasteiger partial charge in [-0.25, -0.2) is 0 Å². The zero-order valence-electron chi connectivity index (χ0n) is 10.6. The van der Waals surface area contributed by atoms with Gasteiger partial charge in [-0.05, 0) is 37.1 Å². The summed E-state index contributed by atoms with van der Waals surface area (Å²) in [6, 6.07) is 7.22. The number of hydrogen-bond acceptors (Lipinski definition) is 3. The number of amides is 1. The molecule has 0 spiro atoms. The normalized spacial score (nSPS) is 10.1. The Labute approximate surface area is 103 Å². The fourth-order valence-electron chi connectivity index (χ4n) is 1.75. The molecule has 17 heavy (non-hydrogen) atoms. The largest absolute Gasteiger partial charge is 0.339 e. The number of hydrazine groups is 1. The van der Waals surface area contributed by atoms with Gasteiger partial charge in [0.05, 0.1) is 0 Å². The van der Waals surface area contributed by atoms with Gasteiger partial charge in [-0.15, -0.1) is 0 Å². The lowest BCUT2D eigenvalue weighted by molar-refractivity contribution is 0.0755. The monoisotopic (exact) mass is 235 g/mol. The Morgan fingerprint density at radius 3 is 2.12 bits per heavy atom. The SMILES string of the molecule is CCCN(CCC)C(=O)c1ccc(NN)cc1. The highest BCUT2D eigenvalue weighted by Crippen LogP contribution is 2.11. The number of nitrogen functional groups attached to an aromatic ring is 1. The third-order valence-electron chi connectivity index (χ3n) is 2.57. The predicted molar refractivity (Wildman–Crippen MR) is 70.7 cm³/mol. The van der Waals surface area contributed by atoms with Crippen molar-refractivity contribution < 1.29 is 4.79 Å². The molecule has 94 valence electrons. The van der Waals surface area contributed by atoms with E-state index >= 15 is 0 Å². The van der Waals surface area contributed by atoms with Gasteiger partial charge >= 0.3 is 0 Å². The molecule has 4 heteroatoms. The van der Waals surface area contributed by atoms with Crippen molar-refractivity contribution in [3.8, 4) is 0 Å². The zero-order chi connectivity index (χ0) is 12.7. The molecule has 0 saturated heterocycles. The van der Waals surface area contributed by atoms with Crippen molar-refractivity contribution >= 4 is 11.6 Å². The summed E-state index contributed by atoms with van der Waals surface area (Å²) in [6.07, 6.45) is 1.96. The second-order valence-electron chi connectivity index (χ2n) is 4.01. The van der Waals surface area contributed by atoms with Gasteiger partial charge in [0.2, 0.25) is 0 Å². The van der Waals surface area contributed by atoms with Gasteiger partial charge in [0, 0.05) is 24.3 Å². The van der Waals surface area contributed by atoms with Crippen LogP contribution in [-0.4, -0.2) is 23.9 Å². The van der Waals surface area contributed by atoms with Gasteiger partial charge in [0.15, 0.2) is 0 Å². The average Bonchev–Trinajstić information content (AvgIpc) is 2.38. The molecule has 4 nitrogen and oxygen atoms in total. The highest BCUT2D eigenvalue weighted by molar-refractivity contribution is 5.94. The third kappa shape index (κ3) is 3.75. The Morgan fingerprint density at radius 1 is 1.18 bits per heavy atom. The molecule has 1 aromatic rings. The number of anilines is 1. The predicted octanol–water partition coefficient (Wildman–Crippen LogP) is 2.23. The molecule has 0 saturated carbocycles. The summed E-state index contributed by atoms with van der Waals surface area (Å²) in [6.45, 7) is 5.78. The van der Waals surface area contributed by atoms with E-state index in [2.05, 4.69) is 19.3 Å². The minimum absolute atomic E-state index is 0.0947. The smallest absolute Gasteiger partial charge is 0.253 e. The average molecular weight is 235 g/mol. The molecule has 0 fully saturated rings. The maximum atomic E-state index is 12.2. The molecule has 0 aliphatic carbocycles. The molecule has 1 aromatic carbocycles. The van der Waals surface area contributed by atoms with Crippen LogP contribution in [0.1, 0.15) is 37.0 Å². The lowest BCUT2D eigenvalue weighted by atomic mass is 10.1. The molecule has 0 heterocycles. The highest BCUT2D eigenvalue weighted by Gasteiger charge is 2.13. The maximum Gasteiger partial charge on any atom is 0.253 e. The second kappa shape index (κ2) is 6.91. The summed E-state index contributed by atoms with van der Waals surface area (Å²) in [5, 5.41) is 0. The van der Waals surface area contributed by atoms with Gasteiger partial charge in [-0.2, -0.15) is 0 Å². The molecular formula is C13H21N3O. The van der Waals surface area contributed by atoms with Gasteiger partial charge < -0.3 is 10.3 Å². The fraction of sp³-hybridized carbons (Fsp3) is 0.462. The topological polar surface area (TPSA) is 58.4 Å². The van der Waals surface area contributed by atoms with Crippen LogP contribution in [0.2, 0.25) is 0 Å². The Balaban J connectivity index is 2.77. The maximum absolute atomic E-state index is 12.2. The molecule has 3 N–H and O–H groups in total. The van der Waals surface area contributed by atoms with Gasteiger partial charge in [0.1, 0.15) is 0 Å². The molecule has 0 unspecified atom stereocenters. The first-order valence-corrected chi connectivity index (χ1v) is 6.08. The molecule has 1 amide bonds. The van der Waals surface area contributed by atoms with Crippen molar-refractivity contribution in [2.24, 2.45) is 5.84 Å². The highest BCUT2D eigenvalue weighted by atomic mass is 16.2. The number of nitrogens with zero attached hydrogens (tertiary/aromatic N) is 1. The standard InChI is InChI=1S/C13H21N3O/c1-3-9-16(10-4-2)13(17)11-5-7-12(15-14)8-6-11/h5-8,15H,3-4,9-10,14H2,1-2H3. The van der Waals surface area contributed by atoms with Crippen LogP contribution in [0.25, 0.3) is 0 Å². The second-order valence-corrected chi connectivity index (χ2v) is 4.01. The van der Waals surface area contributed by atoms with Crippen LogP contribution in [0.15, 0.2) is 24.3 Å². The van der Waals surface area contributed by atoms with Crippen LogP contribution in [0.4, 0.5) is 5.69 Å². The minimum atomic E-state index is 0.0947. The first-order valence-electron chi connectivity index (χ1n) is 6.08. The summed E-state index contributed by atoms with van der Waals surface area (Å²) >= 11 is 0.